The maximum Gasteiger partial charge on any atom is 0.176 e. The number of anilines is 2. The Morgan fingerprint density at radius 2 is 2.00 bits per heavy atom. The van der Waals surface area contributed by atoms with Crippen LogP contribution in [0, 0.1) is 0 Å². The van der Waals surface area contributed by atoms with E-state index in [-0.39, 0.29) is 0 Å². The van der Waals surface area contributed by atoms with Gasteiger partial charge in [-0.1, -0.05) is 36.7 Å². The lowest BCUT2D eigenvalue weighted by atomic mass is 10.1. The van der Waals surface area contributed by atoms with E-state index in [1.165, 1.54) is 5.56 Å². The normalized spacial score (nSPS) is 10.0. The first-order chi connectivity index (χ1) is 9.19. The molecular weight excluding hydrogens is 278 g/mol. The van der Waals surface area contributed by atoms with Crippen LogP contribution in [0.15, 0.2) is 42.6 Å². The summed E-state index contributed by atoms with van der Waals surface area (Å²) in [5, 5.41) is 7.30. The van der Waals surface area contributed by atoms with Crippen molar-refractivity contribution in [3.05, 3.63) is 53.2 Å². The minimum Gasteiger partial charge on any atom is -0.332 e. The van der Waals surface area contributed by atoms with Crippen LogP contribution < -0.4 is 10.6 Å². The topological polar surface area (TPSA) is 37.0 Å². The molecule has 0 bridgehead atoms. The van der Waals surface area contributed by atoms with Crippen LogP contribution in [0.5, 0.6) is 0 Å². The van der Waals surface area contributed by atoms with Gasteiger partial charge in [0, 0.05) is 11.9 Å². The molecule has 1 aromatic heterocycles. The zero-order chi connectivity index (χ0) is 13.7. The van der Waals surface area contributed by atoms with E-state index in [9.17, 15) is 0 Å². The van der Waals surface area contributed by atoms with Gasteiger partial charge in [-0.2, -0.15) is 0 Å². The molecule has 0 atom stereocenters. The summed E-state index contributed by atoms with van der Waals surface area (Å²) in [6.07, 6.45) is 2.53. The Morgan fingerprint density at radius 1 is 1.21 bits per heavy atom. The first-order valence-electron chi connectivity index (χ1n) is 5.96. The van der Waals surface area contributed by atoms with Crippen molar-refractivity contribution < 1.29 is 0 Å². The molecule has 0 amide bonds. The number of hydrogen-bond donors (Lipinski definition) is 2. The van der Waals surface area contributed by atoms with Gasteiger partial charge >= 0.3 is 0 Å². The summed E-state index contributed by atoms with van der Waals surface area (Å²) in [5.41, 5.74) is 2.23. The van der Waals surface area contributed by atoms with E-state index < -0.39 is 0 Å². The fraction of sp³-hybridized carbons (Fsp3) is 0.143. The first kappa shape index (κ1) is 13.8. The summed E-state index contributed by atoms with van der Waals surface area (Å²) in [7, 11) is 0. The van der Waals surface area contributed by atoms with E-state index in [1.54, 1.807) is 18.3 Å². The monoisotopic (exact) mass is 291 g/mol. The number of para-hydroxylation sites is 1. The van der Waals surface area contributed by atoms with Crippen LogP contribution in [0.2, 0.25) is 5.02 Å². The number of aromatic nitrogens is 1. The van der Waals surface area contributed by atoms with Gasteiger partial charge in [-0.3, -0.25) is 0 Å². The summed E-state index contributed by atoms with van der Waals surface area (Å²) in [5.74, 6) is 0.663. The second-order valence-electron chi connectivity index (χ2n) is 3.95. The van der Waals surface area contributed by atoms with Crippen molar-refractivity contribution in [1.29, 1.82) is 0 Å². The molecule has 0 saturated heterocycles. The van der Waals surface area contributed by atoms with Gasteiger partial charge in [-0.15, -0.1) is 0 Å². The van der Waals surface area contributed by atoms with Crippen molar-refractivity contribution in [2.24, 2.45) is 0 Å². The molecule has 0 radical (unpaired) electrons. The highest BCUT2D eigenvalue weighted by Gasteiger charge is 2.03. The van der Waals surface area contributed by atoms with Gasteiger partial charge in [0.1, 0.15) is 5.82 Å². The Labute approximate surface area is 123 Å². The molecule has 0 aliphatic rings. The second kappa shape index (κ2) is 6.50. The molecule has 2 N–H and O–H groups in total. The fourth-order valence-corrected chi connectivity index (χ4v) is 2.00. The minimum absolute atomic E-state index is 0.510. The number of thiocarbonyl (C=S) groups is 1. The maximum absolute atomic E-state index is 5.78. The number of benzene rings is 1. The Kier molecular flexibility index (Phi) is 4.71. The van der Waals surface area contributed by atoms with Crippen LogP contribution in [0.25, 0.3) is 0 Å². The Balaban J connectivity index is 2.03. The molecule has 2 aromatic rings. The zero-order valence-corrected chi connectivity index (χ0v) is 12.1. The average Bonchev–Trinajstić information content (AvgIpc) is 2.42. The van der Waals surface area contributed by atoms with Crippen LogP contribution in [0.1, 0.15) is 12.5 Å². The van der Waals surface area contributed by atoms with Crippen LogP contribution >= 0.6 is 23.8 Å². The smallest absolute Gasteiger partial charge is 0.176 e. The average molecular weight is 292 g/mol. The van der Waals surface area contributed by atoms with Gasteiger partial charge in [0.2, 0.25) is 0 Å². The quantitative estimate of drug-likeness (QED) is 0.835. The van der Waals surface area contributed by atoms with E-state index >= 15 is 0 Å². The molecule has 0 aliphatic carbocycles. The van der Waals surface area contributed by atoms with Crippen molar-refractivity contribution in [2.45, 2.75) is 13.3 Å². The summed E-state index contributed by atoms with van der Waals surface area (Å²) in [6.45, 7) is 2.11. The molecule has 0 spiro atoms. The van der Waals surface area contributed by atoms with Crippen molar-refractivity contribution in [2.75, 3.05) is 10.6 Å². The largest absolute Gasteiger partial charge is 0.332 e. The van der Waals surface area contributed by atoms with Crippen LogP contribution in [0.4, 0.5) is 11.5 Å². The molecule has 1 aromatic carbocycles. The number of pyridine rings is 1. The third kappa shape index (κ3) is 3.91. The molecule has 0 aliphatic heterocycles. The fourth-order valence-electron chi connectivity index (χ4n) is 1.67. The van der Waals surface area contributed by atoms with Crippen molar-refractivity contribution in [3.63, 3.8) is 0 Å². The summed E-state index contributed by atoms with van der Waals surface area (Å²) < 4.78 is 0. The summed E-state index contributed by atoms with van der Waals surface area (Å²) >= 11 is 11.0. The molecule has 3 nitrogen and oxygen atoms in total. The Morgan fingerprint density at radius 3 is 2.68 bits per heavy atom. The lowest BCUT2D eigenvalue weighted by Gasteiger charge is -2.12. The van der Waals surface area contributed by atoms with E-state index in [0.29, 0.717) is 16.0 Å². The molecule has 98 valence electrons. The molecule has 0 saturated carbocycles. The highest BCUT2D eigenvalue weighted by Crippen LogP contribution is 2.16. The summed E-state index contributed by atoms with van der Waals surface area (Å²) in [6, 6.07) is 11.6. The number of nitrogens with zero attached hydrogens (tertiary/aromatic N) is 1. The number of aryl methyl sites for hydroxylation is 1. The van der Waals surface area contributed by atoms with Crippen molar-refractivity contribution in [3.8, 4) is 0 Å². The summed E-state index contributed by atoms with van der Waals surface area (Å²) in [4.78, 5) is 4.13. The minimum atomic E-state index is 0.510. The molecular formula is C14H14ClN3S. The predicted octanol–water partition coefficient (Wildman–Crippen LogP) is 4.11. The third-order valence-corrected chi connectivity index (χ3v) is 3.04. The van der Waals surface area contributed by atoms with Crippen LogP contribution in [-0.2, 0) is 6.42 Å². The number of nitrogens with one attached hydrogen (secondary N) is 2. The first-order valence-corrected chi connectivity index (χ1v) is 6.75. The standard InChI is InChI=1S/C14H14ClN3S/c1-2-10-5-3-4-6-12(10)17-14(19)18-13-8-7-11(15)9-16-13/h3-9H,2H2,1H3,(H2,16,17,18,19). The lowest BCUT2D eigenvalue weighted by molar-refractivity contribution is 1.14. The predicted molar refractivity (Wildman–Crippen MR) is 84.9 cm³/mol. The highest BCUT2D eigenvalue weighted by atomic mass is 35.5. The van der Waals surface area contributed by atoms with Gasteiger partial charge in [0.15, 0.2) is 5.11 Å². The van der Waals surface area contributed by atoms with Gasteiger partial charge < -0.3 is 10.6 Å². The molecule has 5 heteroatoms. The molecule has 0 fully saturated rings. The van der Waals surface area contributed by atoms with E-state index in [0.717, 1.165) is 12.1 Å². The number of hydrogen-bond acceptors (Lipinski definition) is 2. The van der Waals surface area contributed by atoms with E-state index in [2.05, 4.69) is 28.6 Å². The molecule has 0 unspecified atom stereocenters. The lowest BCUT2D eigenvalue weighted by Crippen LogP contribution is -2.20. The van der Waals surface area contributed by atoms with Gasteiger partial charge in [-0.05, 0) is 42.4 Å². The van der Waals surface area contributed by atoms with Gasteiger partial charge in [0.25, 0.3) is 0 Å². The van der Waals surface area contributed by atoms with Crippen LogP contribution in [-0.4, -0.2) is 10.1 Å². The SMILES string of the molecule is CCc1ccccc1NC(=S)Nc1ccc(Cl)cn1. The Bertz CT molecular complexity index is 569. The van der Waals surface area contributed by atoms with E-state index in [1.807, 2.05) is 18.2 Å². The van der Waals surface area contributed by atoms with Crippen molar-refractivity contribution >= 4 is 40.4 Å². The molecule has 2 rings (SSSR count). The van der Waals surface area contributed by atoms with Gasteiger partial charge in [0.05, 0.1) is 5.02 Å². The number of rotatable bonds is 3. The van der Waals surface area contributed by atoms with Crippen LogP contribution in [0.3, 0.4) is 0 Å². The van der Waals surface area contributed by atoms with E-state index in [4.69, 9.17) is 23.8 Å². The third-order valence-electron chi connectivity index (χ3n) is 2.62. The number of halogens is 1. The molecule has 1 heterocycles. The molecule has 19 heavy (non-hydrogen) atoms. The van der Waals surface area contributed by atoms with Crippen molar-refractivity contribution in [1.82, 2.24) is 4.98 Å². The maximum atomic E-state index is 5.78. The highest BCUT2D eigenvalue weighted by molar-refractivity contribution is 7.80. The zero-order valence-electron chi connectivity index (χ0n) is 10.5. The van der Waals surface area contributed by atoms with Gasteiger partial charge in [-0.25, -0.2) is 4.98 Å². The second-order valence-corrected chi connectivity index (χ2v) is 4.80. The Hall–Kier alpha value is -1.65.